The summed E-state index contributed by atoms with van der Waals surface area (Å²) >= 11 is 6.19. The van der Waals surface area contributed by atoms with E-state index in [1.807, 2.05) is 0 Å². The van der Waals surface area contributed by atoms with E-state index < -0.39 is 29.8 Å². The number of pyridine rings is 1. The van der Waals surface area contributed by atoms with E-state index in [9.17, 15) is 14.0 Å². The lowest BCUT2D eigenvalue weighted by molar-refractivity contribution is -0.162. The Hall–Kier alpha value is -2.62. The van der Waals surface area contributed by atoms with Crippen molar-refractivity contribution in [1.82, 2.24) is 4.57 Å². The lowest BCUT2D eigenvalue weighted by Gasteiger charge is -2.29. The molecule has 1 aliphatic rings. The Morgan fingerprint density at radius 1 is 1.23 bits per heavy atom. The van der Waals surface area contributed by atoms with Gasteiger partial charge >= 0.3 is 5.97 Å². The predicted octanol–water partition coefficient (Wildman–Crippen LogP) is 4.21. The van der Waals surface area contributed by atoms with Gasteiger partial charge in [0.15, 0.2) is 0 Å². The van der Waals surface area contributed by atoms with Crippen molar-refractivity contribution < 1.29 is 32.9 Å². The van der Waals surface area contributed by atoms with Crippen LogP contribution in [0.2, 0.25) is 5.02 Å². The Balaban J connectivity index is 2.07. The molecular formula is C25H31ClFNO7. The number of methoxy groups -OCH3 is 1. The molecule has 3 rings (SSSR count). The first-order valence-corrected chi connectivity index (χ1v) is 11.7. The van der Waals surface area contributed by atoms with Crippen molar-refractivity contribution in [2.45, 2.75) is 44.9 Å². The highest BCUT2D eigenvalue weighted by atomic mass is 35.5. The number of hydrogen-bond donors (Lipinski definition) is 0. The number of esters is 1. The van der Waals surface area contributed by atoms with Crippen molar-refractivity contribution in [2.75, 3.05) is 40.2 Å². The van der Waals surface area contributed by atoms with Gasteiger partial charge in [-0.2, -0.15) is 0 Å². The van der Waals surface area contributed by atoms with Crippen LogP contribution < -0.4 is 15.0 Å². The first kappa shape index (κ1) is 27.0. The summed E-state index contributed by atoms with van der Waals surface area (Å²) in [7, 11) is 1.45. The Bertz CT molecular complexity index is 1080. The third-order valence-corrected chi connectivity index (χ3v) is 5.45. The highest BCUT2D eigenvalue weighted by Crippen LogP contribution is 2.38. The van der Waals surface area contributed by atoms with Crippen LogP contribution in [0.4, 0.5) is 4.39 Å². The van der Waals surface area contributed by atoms with E-state index in [0.29, 0.717) is 47.5 Å². The van der Waals surface area contributed by atoms with Crippen molar-refractivity contribution in [3.63, 3.8) is 0 Å². The second-order valence-electron chi connectivity index (χ2n) is 9.03. The molecule has 1 aliphatic heterocycles. The molecule has 0 saturated carbocycles. The first-order valence-electron chi connectivity index (χ1n) is 11.3. The number of hydrogen-bond acceptors (Lipinski definition) is 7. The Kier molecular flexibility index (Phi) is 9.15. The van der Waals surface area contributed by atoms with Crippen molar-refractivity contribution in [3.8, 4) is 22.6 Å². The van der Waals surface area contributed by atoms with E-state index in [1.54, 1.807) is 39.0 Å². The minimum absolute atomic E-state index is 0.155. The molecule has 0 aliphatic carbocycles. The molecule has 2 heterocycles. The number of halogens is 2. The minimum atomic E-state index is -0.974. The summed E-state index contributed by atoms with van der Waals surface area (Å²) in [4.78, 5) is 26.5. The molecule has 0 bridgehead atoms. The van der Waals surface area contributed by atoms with Gasteiger partial charge in [-0.05, 0) is 39.0 Å². The summed E-state index contributed by atoms with van der Waals surface area (Å²) in [6, 6.07) is 5.18. The molecule has 1 saturated heterocycles. The molecule has 1 aromatic heterocycles. The van der Waals surface area contributed by atoms with Gasteiger partial charge in [0.1, 0.15) is 36.4 Å². The molecule has 1 aromatic carbocycles. The lowest BCUT2D eigenvalue weighted by atomic mass is 10.0. The average molecular weight is 512 g/mol. The average Bonchev–Trinajstić information content (AvgIpc) is 2.81. The van der Waals surface area contributed by atoms with E-state index in [0.717, 1.165) is 0 Å². The van der Waals surface area contributed by atoms with Crippen molar-refractivity contribution >= 4 is 17.6 Å². The third-order valence-electron chi connectivity index (χ3n) is 5.22. The zero-order chi connectivity index (χ0) is 25.6. The van der Waals surface area contributed by atoms with Crippen LogP contribution in [-0.4, -0.2) is 62.5 Å². The van der Waals surface area contributed by atoms with Gasteiger partial charge in [-0.15, -0.1) is 0 Å². The van der Waals surface area contributed by atoms with Crippen molar-refractivity contribution in [3.05, 3.63) is 45.8 Å². The molecule has 2 unspecified atom stereocenters. The molecule has 0 N–H and O–H groups in total. The van der Waals surface area contributed by atoms with Crippen LogP contribution in [0, 0.1) is 0 Å². The topological polar surface area (TPSA) is 85.2 Å². The molecule has 2 atom stereocenters. The first-order chi connectivity index (χ1) is 16.6. The van der Waals surface area contributed by atoms with Gasteiger partial charge in [-0.3, -0.25) is 9.36 Å². The van der Waals surface area contributed by atoms with Crippen molar-refractivity contribution in [1.29, 1.82) is 0 Å². The number of carbonyl (C=O) groups is 1. The van der Waals surface area contributed by atoms with Crippen LogP contribution >= 0.6 is 11.6 Å². The molecular weight excluding hydrogens is 481 g/mol. The zero-order valence-electron chi connectivity index (χ0n) is 20.3. The third kappa shape index (κ3) is 7.19. The van der Waals surface area contributed by atoms with E-state index in [1.165, 1.54) is 23.9 Å². The fourth-order valence-electron chi connectivity index (χ4n) is 3.75. The summed E-state index contributed by atoms with van der Waals surface area (Å²) in [5.41, 5.74) is -0.365. The van der Waals surface area contributed by atoms with Gasteiger partial charge in [0.25, 0.3) is 5.56 Å². The van der Waals surface area contributed by atoms with E-state index >= 15 is 0 Å². The second kappa shape index (κ2) is 11.9. The van der Waals surface area contributed by atoms with Crippen LogP contribution in [0.3, 0.4) is 0 Å². The number of benzene rings is 1. The maximum absolute atomic E-state index is 13.3. The molecule has 2 aromatic rings. The van der Waals surface area contributed by atoms with Gasteiger partial charge in [-0.25, -0.2) is 9.18 Å². The summed E-state index contributed by atoms with van der Waals surface area (Å²) in [5.74, 6) is 0.0728. The fraction of sp³-hybridized carbons (Fsp3) is 0.520. The predicted molar refractivity (Wildman–Crippen MR) is 129 cm³/mol. The monoisotopic (exact) mass is 511 g/mol. The second-order valence-corrected chi connectivity index (χ2v) is 9.47. The van der Waals surface area contributed by atoms with Gasteiger partial charge in [-0.1, -0.05) is 11.6 Å². The normalized spacial score (nSPS) is 17.0. The van der Waals surface area contributed by atoms with Crippen LogP contribution in [-0.2, 0) is 19.0 Å². The lowest BCUT2D eigenvalue weighted by Crippen LogP contribution is -2.39. The number of nitrogens with zero attached hydrogens (tertiary/aromatic N) is 1. The number of aromatic nitrogens is 1. The molecule has 0 amide bonds. The number of carbonyl (C=O) groups excluding carboxylic acids is 1. The molecule has 8 nitrogen and oxygen atoms in total. The number of alkyl halides is 1. The molecule has 1 fully saturated rings. The van der Waals surface area contributed by atoms with Crippen LogP contribution in [0.5, 0.6) is 11.5 Å². The Labute approximate surface area is 208 Å². The summed E-state index contributed by atoms with van der Waals surface area (Å²) in [6.45, 7) is 5.62. The van der Waals surface area contributed by atoms with Crippen molar-refractivity contribution in [2.24, 2.45) is 0 Å². The molecule has 35 heavy (non-hydrogen) atoms. The van der Waals surface area contributed by atoms with E-state index in [-0.39, 0.29) is 19.1 Å². The maximum atomic E-state index is 13.3. The standard InChI is InChI=1S/C25H31ClFNO7/c1-25(2,3)35-24(30)20(12-17-15-32-9-10-33-17)28-14-22(31-4)19(13-23(28)29)18-11-16(26)5-6-21(18)34-8-7-27/h5-6,11,13-14,17,20H,7-10,12,15H2,1-4H3. The number of ether oxygens (including phenoxy) is 5. The van der Waals surface area contributed by atoms with Gasteiger partial charge in [0, 0.05) is 28.6 Å². The number of rotatable bonds is 9. The van der Waals surface area contributed by atoms with E-state index in [4.69, 9.17) is 35.3 Å². The fourth-order valence-corrected chi connectivity index (χ4v) is 3.92. The quantitative estimate of drug-likeness (QED) is 0.466. The highest BCUT2D eigenvalue weighted by molar-refractivity contribution is 6.31. The van der Waals surface area contributed by atoms with Crippen LogP contribution in [0.1, 0.15) is 33.2 Å². The summed E-state index contributed by atoms with van der Waals surface area (Å²) in [5, 5.41) is 0.403. The zero-order valence-corrected chi connectivity index (χ0v) is 21.1. The van der Waals surface area contributed by atoms with Crippen LogP contribution in [0.15, 0.2) is 35.3 Å². The summed E-state index contributed by atoms with van der Waals surface area (Å²) < 4.78 is 41.9. The van der Waals surface area contributed by atoms with Crippen LogP contribution in [0.25, 0.3) is 11.1 Å². The largest absolute Gasteiger partial charge is 0.495 e. The molecule has 10 heteroatoms. The molecule has 0 spiro atoms. The highest BCUT2D eigenvalue weighted by Gasteiger charge is 2.32. The SMILES string of the molecule is COc1cn(C(CC2COCCO2)C(=O)OC(C)(C)C)c(=O)cc1-c1cc(Cl)ccc1OCCF. The van der Waals surface area contributed by atoms with Gasteiger partial charge in [0.2, 0.25) is 0 Å². The molecule has 192 valence electrons. The maximum Gasteiger partial charge on any atom is 0.329 e. The Morgan fingerprint density at radius 3 is 2.60 bits per heavy atom. The summed E-state index contributed by atoms with van der Waals surface area (Å²) in [6.07, 6.45) is 1.25. The van der Waals surface area contributed by atoms with Gasteiger partial charge in [0.05, 0.1) is 39.2 Å². The minimum Gasteiger partial charge on any atom is -0.495 e. The smallest absolute Gasteiger partial charge is 0.329 e. The molecule has 0 radical (unpaired) electrons. The Morgan fingerprint density at radius 2 is 1.97 bits per heavy atom. The van der Waals surface area contributed by atoms with Gasteiger partial charge < -0.3 is 23.7 Å². The van der Waals surface area contributed by atoms with E-state index in [2.05, 4.69) is 0 Å².